The van der Waals surface area contributed by atoms with E-state index in [1.807, 2.05) is 0 Å². The van der Waals surface area contributed by atoms with Crippen molar-refractivity contribution in [3.8, 4) is 0 Å². The summed E-state index contributed by atoms with van der Waals surface area (Å²) in [4.78, 5) is 20.8. The van der Waals surface area contributed by atoms with E-state index in [1.54, 1.807) is 27.7 Å². The fraction of sp³-hybridized carbons (Fsp3) is 1.00. The molecule has 11 heteroatoms. The van der Waals surface area contributed by atoms with Crippen LogP contribution in [0.2, 0.25) is 0 Å². The van der Waals surface area contributed by atoms with Gasteiger partial charge in [-0.15, -0.1) is 0 Å². The van der Waals surface area contributed by atoms with Crippen LogP contribution in [0.1, 0.15) is 27.7 Å². The summed E-state index contributed by atoms with van der Waals surface area (Å²) in [6.45, 7) is 6.85. The topological polar surface area (TPSA) is 117 Å². The fourth-order valence-corrected chi connectivity index (χ4v) is 2.12. The molecular weight excluding hydrogens is 398 g/mol. The minimum atomic E-state index is -3.94. The van der Waals surface area contributed by atoms with Gasteiger partial charge in [0.25, 0.3) is 15.6 Å². The van der Waals surface area contributed by atoms with Crippen LogP contribution in [0.5, 0.6) is 0 Å². The summed E-state index contributed by atoms with van der Waals surface area (Å²) in [5.74, 6) is 0. The quantitative estimate of drug-likeness (QED) is 0.424. The summed E-state index contributed by atoms with van der Waals surface area (Å²) in [7, 11) is -7.89. The molecule has 0 bridgehead atoms. The molecule has 0 aromatic carbocycles. The monoisotopic (exact) mass is 420 g/mol. The molecule has 0 aliphatic heterocycles. The molecule has 0 aliphatic carbocycles. The van der Waals surface area contributed by atoms with Crippen LogP contribution in [0.4, 0.5) is 0 Å². The molecule has 0 atom stereocenters. The van der Waals surface area contributed by atoms with Crippen LogP contribution in [-0.2, 0) is 54.5 Å². The average molecular weight is 419 g/mol. The van der Waals surface area contributed by atoms with Crippen LogP contribution < -0.4 is 9.79 Å². The summed E-state index contributed by atoms with van der Waals surface area (Å²) < 4.78 is 37.8. The van der Waals surface area contributed by atoms with Gasteiger partial charge in [-0.2, -0.15) is 0 Å². The van der Waals surface area contributed by atoms with Crippen molar-refractivity contribution < 1.29 is 64.3 Å². The van der Waals surface area contributed by atoms with Crippen LogP contribution >= 0.6 is 15.6 Å². The second kappa shape index (κ2) is 14.1. The first-order chi connectivity index (χ1) is 8.24. The number of hydrogen-bond donors (Lipinski definition) is 0. The van der Waals surface area contributed by atoms with E-state index in [9.17, 15) is 18.9 Å². The molecule has 19 heavy (non-hydrogen) atoms. The van der Waals surface area contributed by atoms with Crippen molar-refractivity contribution in [3.63, 3.8) is 0 Å². The van der Waals surface area contributed by atoms with Crippen molar-refractivity contribution in [1.29, 1.82) is 0 Å². The Labute approximate surface area is 134 Å². The molecule has 0 saturated heterocycles. The van der Waals surface area contributed by atoms with Gasteiger partial charge in [-0.25, -0.2) is 0 Å². The predicted molar refractivity (Wildman–Crippen MR) is 61.7 cm³/mol. The van der Waals surface area contributed by atoms with Gasteiger partial charge in [-0.3, -0.25) is 9.13 Å². The Morgan fingerprint density at radius 1 is 0.684 bits per heavy atom. The standard InChI is InChI=1S/2C4H11O4P.Cd/c2*1-3-7-9(5,6)8-4-2;/h2*3-4H2,1-2H3,(H,5,6);/q;;+2/p-2. The molecular formula is C8H20CdO8P2. The van der Waals surface area contributed by atoms with Crippen molar-refractivity contribution in [3.05, 3.63) is 0 Å². The molecule has 0 unspecified atom stereocenters. The van der Waals surface area contributed by atoms with Crippen molar-refractivity contribution in [2.45, 2.75) is 27.7 Å². The zero-order valence-electron chi connectivity index (χ0n) is 11.7. The third kappa shape index (κ3) is 19.1. The van der Waals surface area contributed by atoms with Crippen LogP contribution in [-0.4, -0.2) is 26.4 Å². The van der Waals surface area contributed by atoms with E-state index in [1.165, 1.54) is 0 Å². The molecule has 112 valence electrons. The first-order valence-corrected chi connectivity index (χ1v) is 8.36. The second-order valence-corrected chi connectivity index (χ2v) is 5.39. The van der Waals surface area contributed by atoms with E-state index in [4.69, 9.17) is 0 Å². The summed E-state index contributed by atoms with van der Waals surface area (Å²) >= 11 is 0. The van der Waals surface area contributed by atoms with Gasteiger partial charge in [0.15, 0.2) is 0 Å². The minimum absolute atomic E-state index is 0. The van der Waals surface area contributed by atoms with E-state index in [2.05, 4.69) is 18.1 Å². The number of hydrogen-bond acceptors (Lipinski definition) is 8. The van der Waals surface area contributed by atoms with Gasteiger partial charge in [0.2, 0.25) is 0 Å². The Morgan fingerprint density at radius 2 is 0.842 bits per heavy atom. The first-order valence-electron chi connectivity index (χ1n) is 5.44. The molecule has 0 radical (unpaired) electrons. The third-order valence-corrected chi connectivity index (χ3v) is 3.45. The first kappa shape index (κ1) is 25.1. The van der Waals surface area contributed by atoms with Gasteiger partial charge < -0.3 is 27.9 Å². The van der Waals surface area contributed by atoms with Crippen molar-refractivity contribution >= 4 is 15.6 Å². The molecule has 0 rings (SSSR count). The molecule has 0 aromatic rings. The molecule has 0 aromatic heterocycles. The minimum Gasteiger partial charge on any atom is -0.756 e. The largest absolute Gasteiger partial charge is 2.00 e. The number of rotatable bonds is 8. The number of phosphoric ester groups is 2. The van der Waals surface area contributed by atoms with Gasteiger partial charge in [0.05, 0.1) is 26.4 Å². The average Bonchev–Trinajstić information content (AvgIpc) is 2.17. The van der Waals surface area contributed by atoms with Gasteiger partial charge >= 0.3 is 27.3 Å². The molecule has 8 nitrogen and oxygen atoms in total. The second-order valence-electron chi connectivity index (χ2n) is 2.57. The maximum absolute atomic E-state index is 10.4. The maximum Gasteiger partial charge on any atom is 2.00 e. The molecule has 0 amide bonds. The van der Waals surface area contributed by atoms with E-state index in [0.717, 1.165) is 0 Å². The van der Waals surface area contributed by atoms with Crippen LogP contribution in [0, 0.1) is 0 Å². The Balaban J connectivity index is -0.000000256. The van der Waals surface area contributed by atoms with Crippen LogP contribution in [0.3, 0.4) is 0 Å². The van der Waals surface area contributed by atoms with E-state index in [0.29, 0.717) is 0 Å². The van der Waals surface area contributed by atoms with Gasteiger partial charge in [-0.05, 0) is 27.7 Å². The molecule has 0 fully saturated rings. The Hall–Kier alpha value is 1.14. The summed E-state index contributed by atoms with van der Waals surface area (Å²) in [5.41, 5.74) is 0. The summed E-state index contributed by atoms with van der Waals surface area (Å²) in [6.07, 6.45) is 0. The van der Waals surface area contributed by atoms with Crippen LogP contribution in [0.15, 0.2) is 0 Å². The van der Waals surface area contributed by atoms with Gasteiger partial charge in [-0.1, -0.05) is 0 Å². The Bertz CT molecular complexity index is 240. The molecule has 0 spiro atoms. The normalized spacial score (nSPS) is 11.3. The van der Waals surface area contributed by atoms with E-state index >= 15 is 0 Å². The Kier molecular flexibility index (Phi) is 18.6. The Morgan fingerprint density at radius 3 is 0.947 bits per heavy atom. The number of phosphoric acid groups is 2. The third-order valence-electron chi connectivity index (χ3n) is 1.15. The molecule has 0 aliphatic rings. The molecule has 0 N–H and O–H groups in total. The van der Waals surface area contributed by atoms with Gasteiger partial charge in [0, 0.05) is 0 Å². The summed E-state index contributed by atoms with van der Waals surface area (Å²) in [5, 5.41) is 0. The molecule has 0 saturated carbocycles. The van der Waals surface area contributed by atoms with Crippen molar-refractivity contribution in [1.82, 2.24) is 0 Å². The van der Waals surface area contributed by atoms with E-state index in [-0.39, 0.29) is 53.7 Å². The SMILES string of the molecule is CCOP(=O)([O-])OCC.CCOP(=O)([O-])OCC.[Cd+2]. The van der Waals surface area contributed by atoms with Crippen molar-refractivity contribution in [2.24, 2.45) is 0 Å². The van der Waals surface area contributed by atoms with E-state index < -0.39 is 15.6 Å². The van der Waals surface area contributed by atoms with Crippen LogP contribution in [0.25, 0.3) is 0 Å². The smallest absolute Gasteiger partial charge is 0.756 e. The molecule has 0 heterocycles. The fourth-order valence-electron chi connectivity index (χ4n) is 0.707. The van der Waals surface area contributed by atoms with Gasteiger partial charge in [0.1, 0.15) is 0 Å². The predicted octanol–water partition coefficient (Wildman–Crippen LogP) is 1.05. The zero-order valence-corrected chi connectivity index (χ0v) is 17.5. The summed E-state index contributed by atoms with van der Waals surface area (Å²) in [6, 6.07) is 0. The maximum atomic E-state index is 10.4. The zero-order chi connectivity index (χ0) is 14.7. The van der Waals surface area contributed by atoms with Crippen molar-refractivity contribution in [2.75, 3.05) is 26.4 Å².